The third-order valence-corrected chi connectivity index (χ3v) is 12.9. The van der Waals surface area contributed by atoms with E-state index in [4.69, 9.17) is 28.9 Å². The van der Waals surface area contributed by atoms with Crippen LogP contribution in [-0.2, 0) is 32.2 Å². The predicted octanol–water partition coefficient (Wildman–Crippen LogP) is 8.13. The normalized spacial score (nSPS) is 11.8. The van der Waals surface area contributed by atoms with E-state index < -0.39 is 19.9 Å². The molecule has 0 N–H and O–H groups in total. The molecular formula is C43H54FN7O6S2Si. The maximum Gasteiger partial charge on any atom is 0.357 e. The summed E-state index contributed by atoms with van der Waals surface area (Å²) in [5, 5.41) is 9.65. The summed E-state index contributed by atoms with van der Waals surface area (Å²) in [7, 11) is 3.88. The van der Waals surface area contributed by atoms with Crippen LogP contribution < -0.4 is 14.4 Å². The summed E-state index contributed by atoms with van der Waals surface area (Å²) in [4.78, 5) is 40.2. The molecule has 3 heterocycles. The average molecular weight is 876 g/mol. The number of nitrogens with zero attached hydrogens (tertiary/aromatic N) is 7. The average Bonchev–Trinajstić information content (AvgIpc) is 3.78. The zero-order chi connectivity index (χ0) is 43.2. The third kappa shape index (κ3) is 13.3. The van der Waals surface area contributed by atoms with E-state index >= 15 is 0 Å². The van der Waals surface area contributed by atoms with E-state index in [9.17, 15) is 14.0 Å². The van der Waals surface area contributed by atoms with Crippen molar-refractivity contribution < 1.29 is 32.9 Å². The molecule has 3 aromatic heterocycles. The van der Waals surface area contributed by atoms with Crippen molar-refractivity contribution in [2.24, 2.45) is 4.99 Å². The number of ether oxygens (including phenoxy) is 4. The van der Waals surface area contributed by atoms with Crippen LogP contribution in [0.5, 0.6) is 5.75 Å². The van der Waals surface area contributed by atoms with Crippen LogP contribution in [0.15, 0.2) is 53.5 Å². The van der Waals surface area contributed by atoms with Gasteiger partial charge in [-0.05, 0) is 95.2 Å². The molecule has 0 amide bonds. The molecule has 0 atom stereocenters. The van der Waals surface area contributed by atoms with E-state index in [1.165, 1.54) is 24.5 Å². The fourth-order valence-corrected chi connectivity index (χ4v) is 8.68. The second-order valence-corrected chi connectivity index (χ2v) is 23.1. The van der Waals surface area contributed by atoms with Gasteiger partial charge in [-0.25, -0.2) is 14.2 Å². The van der Waals surface area contributed by atoms with Gasteiger partial charge in [-0.2, -0.15) is 4.99 Å². The molecule has 0 fully saturated rings. The van der Waals surface area contributed by atoms with Gasteiger partial charge >= 0.3 is 11.9 Å². The monoisotopic (exact) mass is 875 g/mol. The summed E-state index contributed by atoms with van der Waals surface area (Å²) in [6.45, 7) is 13.1. The fraction of sp³-hybridized carbons (Fsp3) is 0.442. The molecule has 0 saturated heterocycles. The first-order valence-electron chi connectivity index (χ1n) is 19.9. The number of thiazole rings is 2. The number of esters is 2. The second-order valence-electron chi connectivity index (χ2n) is 15.4. The first kappa shape index (κ1) is 46.1. The van der Waals surface area contributed by atoms with Gasteiger partial charge in [0.1, 0.15) is 6.73 Å². The van der Waals surface area contributed by atoms with Gasteiger partial charge in [0.15, 0.2) is 38.8 Å². The van der Waals surface area contributed by atoms with Crippen molar-refractivity contribution in [2.45, 2.75) is 71.9 Å². The zero-order valence-electron chi connectivity index (χ0n) is 35.7. The Balaban J connectivity index is 1.39. The molecule has 17 heteroatoms. The number of halogens is 1. The number of hydrogen-bond donors (Lipinski definition) is 0. The van der Waals surface area contributed by atoms with Gasteiger partial charge in [-0.3, -0.25) is 14.3 Å². The van der Waals surface area contributed by atoms with Crippen molar-refractivity contribution in [3.8, 4) is 17.6 Å². The Morgan fingerprint density at radius 3 is 2.55 bits per heavy atom. The Morgan fingerprint density at radius 1 is 1.03 bits per heavy atom. The summed E-state index contributed by atoms with van der Waals surface area (Å²) in [6, 6.07) is 15.7. The van der Waals surface area contributed by atoms with E-state index in [0.29, 0.717) is 72.9 Å². The molecule has 0 aliphatic carbocycles. The Labute approximate surface area is 360 Å². The van der Waals surface area contributed by atoms with Gasteiger partial charge in [-0.15, -0.1) is 21.5 Å². The third-order valence-electron chi connectivity index (χ3n) is 8.96. The van der Waals surface area contributed by atoms with Crippen molar-refractivity contribution in [3.63, 3.8) is 0 Å². The van der Waals surface area contributed by atoms with Crippen molar-refractivity contribution in [1.82, 2.24) is 24.6 Å². The molecule has 5 rings (SSSR count). The van der Waals surface area contributed by atoms with Crippen LogP contribution in [0.25, 0.3) is 10.2 Å². The van der Waals surface area contributed by atoms with E-state index in [-0.39, 0.29) is 37.0 Å². The molecular weight excluding hydrogens is 822 g/mol. The number of hydrogen-bond acceptors (Lipinski definition) is 14. The van der Waals surface area contributed by atoms with Crippen LogP contribution in [0.1, 0.15) is 52.7 Å². The zero-order valence-corrected chi connectivity index (χ0v) is 38.3. The van der Waals surface area contributed by atoms with Crippen LogP contribution in [0.3, 0.4) is 0 Å². The van der Waals surface area contributed by atoms with Crippen molar-refractivity contribution in [2.75, 3.05) is 59.0 Å². The largest absolute Gasteiger partial charge is 0.491 e. The number of anilines is 2. The van der Waals surface area contributed by atoms with Crippen LogP contribution in [0.4, 0.5) is 21.2 Å². The van der Waals surface area contributed by atoms with E-state index in [2.05, 4.69) is 58.4 Å². The highest BCUT2D eigenvalue weighted by atomic mass is 32.1. The van der Waals surface area contributed by atoms with Crippen LogP contribution in [0, 0.1) is 24.6 Å². The first-order valence-corrected chi connectivity index (χ1v) is 25.2. The van der Waals surface area contributed by atoms with Gasteiger partial charge in [0.25, 0.3) is 0 Å². The van der Waals surface area contributed by atoms with Crippen molar-refractivity contribution >= 4 is 69.7 Å². The summed E-state index contributed by atoms with van der Waals surface area (Å²) in [6.07, 6.45) is 1.48. The lowest BCUT2D eigenvalue weighted by Crippen LogP contribution is -2.23. The number of aryl methyl sites for hydroxylation is 2. The smallest absolute Gasteiger partial charge is 0.357 e. The van der Waals surface area contributed by atoms with Gasteiger partial charge in [0.2, 0.25) is 0 Å². The van der Waals surface area contributed by atoms with Crippen molar-refractivity contribution in [3.05, 3.63) is 80.8 Å². The highest BCUT2D eigenvalue weighted by Crippen LogP contribution is 2.34. The van der Waals surface area contributed by atoms with E-state index in [1.807, 2.05) is 49.0 Å². The molecule has 60 heavy (non-hydrogen) atoms. The fourth-order valence-electron chi connectivity index (χ4n) is 5.78. The lowest BCUT2D eigenvalue weighted by atomic mass is 10.2. The summed E-state index contributed by atoms with van der Waals surface area (Å²) < 4.78 is 40.2. The minimum atomic E-state index is -1.26. The molecule has 0 radical (unpaired) electrons. The number of methoxy groups -OCH3 is 1. The lowest BCUT2D eigenvalue weighted by molar-refractivity contribution is -0.143. The highest BCUT2D eigenvalue weighted by molar-refractivity contribution is 7.16. The lowest BCUT2D eigenvalue weighted by Gasteiger charge is -2.20. The molecule has 0 aliphatic heterocycles. The molecule has 5 aromatic rings. The van der Waals surface area contributed by atoms with Crippen LogP contribution in [0.2, 0.25) is 25.7 Å². The summed E-state index contributed by atoms with van der Waals surface area (Å²) in [5.41, 5.74) is 2.52. The van der Waals surface area contributed by atoms with E-state index in [1.54, 1.807) is 30.4 Å². The number of carbonyl (C=O) groups excluding carboxylic acids is 2. The highest BCUT2D eigenvalue weighted by Gasteiger charge is 2.24. The van der Waals surface area contributed by atoms with Crippen LogP contribution in [-0.4, -0.2) is 98.8 Å². The van der Waals surface area contributed by atoms with Gasteiger partial charge < -0.3 is 23.8 Å². The minimum Gasteiger partial charge on any atom is -0.491 e. The Bertz CT molecular complexity index is 2380. The Hall–Kier alpha value is -4.99. The Kier molecular flexibility index (Phi) is 16.9. The SMILES string of the molecule is CCOC(=O)CCCN(c1cc(C)c(N=c2sc3ccccc3n2COCC[Si](C)(C)C)nn1)c1nc(C(=O)OC)c(CCCOc2ccc(C#CCN(C)C)cc2F)s1. The van der Waals surface area contributed by atoms with Gasteiger partial charge in [0, 0.05) is 38.1 Å². The minimum absolute atomic E-state index is 0.121. The molecule has 0 spiro atoms. The topological polar surface area (TPSA) is 134 Å². The van der Waals surface area contributed by atoms with Crippen molar-refractivity contribution in [1.29, 1.82) is 0 Å². The summed E-state index contributed by atoms with van der Waals surface area (Å²) in [5.74, 6) is 5.59. The summed E-state index contributed by atoms with van der Waals surface area (Å²) >= 11 is 2.86. The van der Waals surface area contributed by atoms with Crippen LogP contribution >= 0.6 is 22.7 Å². The standard InChI is InChI=1S/C43H54FN7O6S2Si/c1-9-56-38(52)19-13-23-50(37-27-30(2)40(48-47-37)46-43-51(29-55-25-26-60(6,7)8)33-16-10-11-17-35(33)58-43)42-45-39(41(53)54-5)36(59-42)18-14-24-57-34-21-20-31(28-32(34)44)15-12-22-49(3)4/h10-11,16-17,20-21,27-28H,9,13-14,18-19,22-26,29H2,1-8H3. The number of para-hydroxylation sites is 1. The predicted molar refractivity (Wildman–Crippen MR) is 238 cm³/mol. The maximum absolute atomic E-state index is 14.8. The molecule has 0 unspecified atom stereocenters. The van der Waals surface area contributed by atoms with Gasteiger partial charge in [0.05, 0.1) is 37.1 Å². The number of benzene rings is 2. The second kappa shape index (κ2) is 22.0. The van der Waals surface area contributed by atoms with Gasteiger partial charge in [-0.1, -0.05) is 55.0 Å². The van der Waals surface area contributed by atoms with E-state index in [0.717, 1.165) is 26.6 Å². The molecule has 2 aromatic carbocycles. The number of rotatable bonds is 20. The first-order chi connectivity index (χ1) is 28.8. The molecule has 13 nitrogen and oxygen atoms in total. The maximum atomic E-state index is 14.8. The molecule has 0 saturated carbocycles. The quantitative estimate of drug-likeness (QED) is 0.0325. The number of fused-ring (bicyclic) bond motifs is 1. The molecule has 0 bridgehead atoms. The molecule has 320 valence electrons. The number of carbonyl (C=O) groups is 2. The molecule has 0 aliphatic rings. The number of aromatic nitrogens is 4. The Morgan fingerprint density at radius 2 is 1.83 bits per heavy atom.